The maximum Gasteiger partial charge on any atom is 0.231 e. The third-order valence-corrected chi connectivity index (χ3v) is 3.28. The molecule has 0 fully saturated rings. The number of aromatic nitrogens is 1. The van der Waals surface area contributed by atoms with Crippen LogP contribution in [0.25, 0.3) is 0 Å². The van der Waals surface area contributed by atoms with Gasteiger partial charge in [-0.05, 0) is 19.1 Å². The lowest BCUT2D eigenvalue weighted by Crippen LogP contribution is -2.08. The van der Waals surface area contributed by atoms with E-state index >= 15 is 0 Å². The molecule has 0 amide bonds. The molecule has 5 heteroatoms. The lowest BCUT2D eigenvalue weighted by Gasteiger charge is -2.16. The molecule has 1 aliphatic heterocycles. The Labute approximate surface area is 116 Å². The molecule has 4 nitrogen and oxygen atoms in total. The molecule has 0 saturated heterocycles. The number of hydrogen-bond donors (Lipinski definition) is 1. The molecule has 1 aliphatic rings. The molecule has 1 N–H and O–H groups in total. The van der Waals surface area contributed by atoms with Gasteiger partial charge in [0.1, 0.15) is 0 Å². The SMILES string of the molecule is CC(Nc1cc2c(cc1Cl)OCO2)c1ccccn1. The average molecular weight is 277 g/mol. The first-order valence-electron chi connectivity index (χ1n) is 6.00. The third-order valence-electron chi connectivity index (χ3n) is 2.97. The second-order valence-corrected chi connectivity index (χ2v) is 4.71. The normalized spacial score (nSPS) is 14.2. The number of pyridine rings is 1. The predicted molar refractivity (Wildman–Crippen MR) is 73.8 cm³/mol. The number of rotatable bonds is 3. The van der Waals surface area contributed by atoms with E-state index in [0.717, 1.165) is 11.4 Å². The topological polar surface area (TPSA) is 43.4 Å². The average Bonchev–Trinajstić information content (AvgIpc) is 2.87. The summed E-state index contributed by atoms with van der Waals surface area (Å²) in [5.74, 6) is 1.39. The second-order valence-electron chi connectivity index (χ2n) is 4.31. The van der Waals surface area contributed by atoms with Gasteiger partial charge in [0.15, 0.2) is 11.5 Å². The minimum absolute atomic E-state index is 0.0547. The first-order chi connectivity index (χ1) is 9.24. The van der Waals surface area contributed by atoms with Crippen molar-refractivity contribution in [1.29, 1.82) is 0 Å². The van der Waals surface area contributed by atoms with Crippen LogP contribution in [0.1, 0.15) is 18.7 Å². The molecule has 1 unspecified atom stereocenters. The fraction of sp³-hybridized carbons (Fsp3) is 0.214. The van der Waals surface area contributed by atoms with Crippen LogP contribution in [0.4, 0.5) is 5.69 Å². The number of halogens is 1. The van der Waals surface area contributed by atoms with Crippen LogP contribution in [0, 0.1) is 0 Å². The van der Waals surface area contributed by atoms with Gasteiger partial charge in [0.2, 0.25) is 6.79 Å². The van der Waals surface area contributed by atoms with Gasteiger partial charge < -0.3 is 14.8 Å². The van der Waals surface area contributed by atoms with Gasteiger partial charge in [0.25, 0.3) is 0 Å². The van der Waals surface area contributed by atoms with E-state index < -0.39 is 0 Å². The van der Waals surface area contributed by atoms with E-state index in [-0.39, 0.29) is 12.8 Å². The Morgan fingerprint density at radius 3 is 2.79 bits per heavy atom. The zero-order valence-corrected chi connectivity index (χ0v) is 11.1. The van der Waals surface area contributed by atoms with Crippen LogP contribution in [0.5, 0.6) is 11.5 Å². The minimum atomic E-state index is 0.0547. The highest BCUT2D eigenvalue weighted by atomic mass is 35.5. The molecular weight excluding hydrogens is 264 g/mol. The Morgan fingerprint density at radius 1 is 1.26 bits per heavy atom. The molecule has 2 aromatic rings. The monoisotopic (exact) mass is 276 g/mol. The van der Waals surface area contributed by atoms with Crippen molar-refractivity contribution in [1.82, 2.24) is 4.98 Å². The summed E-state index contributed by atoms with van der Waals surface area (Å²) < 4.78 is 10.6. The molecule has 1 aromatic carbocycles. The fourth-order valence-electron chi connectivity index (χ4n) is 1.97. The van der Waals surface area contributed by atoms with E-state index in [2.05, 4.69) is 10.3 Å². The second kappa shape index (κ2) is 4.97. The van der Waals surface area contributed by atoms with E-state index in [9.17, 15) is 0 Å². The molecule has 0 aliphatic carbocycles. The molecule has 19 heavy (non-hydrogen) atoms. The molecule has 0 radical (unpaired) electrons. The molecule has 1 atom stereocenters. The molecule has 2 heterocycles. The van der Waals surface area contributed by atoms with Crippen LogP contribution < -0.4 is 14.8 Å². The van der Waals surface area contributed by atoms with Gasteiger partial charge in [0.05, 0.1) is 22.4 Å². The largest absolute Gasteiger partial charge is 0.454 e. The van der Waals surface area contributed by atoms with Crippen molar-refractivity contribution in [2.24, 2.45) is 0 Å². The van der Waals surface area contributed by atoms with Crippen LogP contribution >= 0.6 is 11.6 Å². The zero-order chi connectivity index (χ0) is 13.2. The lowest BCUT2D eigenvalue weighted by molar-refractivity contribution is 0.174. The van der Waals surface area contributed by atoms with Crippen molar-refractivity contribution in [3.8, 4) is 11.5 Å². The summed E-state index contributed by atoms with van der Waals surface area (Å²) in [5, 5.41) is 3.93. The highest BCUT2D eigenvalue weighted by Crippen LogP contribution is 2.40. The van der Waals surface area contributed by atoms with E-state index in [1.54, 1.807) is 12.3 Å². The maximum absolute atomic E-state index is 6.22. The van der Waals surface area contributed by atoms with Crippen molar-refractivity contribution in [2.75, 3.05) is 12.1 Å². The van der Waals surface area contributed by atoms with Gasteiger partial charge in [-0.1, -0.05) is 17.7 Å². The Balaban J connectivity index is 1.84. The summed E-state index contributed by atoms with van der Waals surface area (Å²) >= 11 is 6.22. The summed E-state index contributed by atoms with van der Waals surface area (Å²) in [4.78, 5) is 4.32. The molecule has 0 bridgehead atoms. The number of nitrogens with one attached hydrogen (secondary N) is 1. The minimum Gasteiger partial charge on any atom is -0.454 e. The quantitative estimate of drug-likeness (QED) is 0.929. The van der Waals surface area contributed by atoms with Crippen molar-refractivity contribution < 1.29 is 9.47 Å². The highest BCUT2D eigenvalue weighted by Gasteiger charge is 2.17. The summed E-state index contributed by atoms with van der Waals surface area (Å²) in [6, 6.07) is 9.49. The van der Waals surface area contributed by atoms with E-state index in [1.165, 1.54) is 0 Å². The predicted octanol–water partition coefficient (Wildman–Crippen LogP) is 3.64. The summed E-state index contributed by atoms with van der Waals surface area (Å²) in [5.41, 5.74) is 1.76. The first-order valence-corrected chi connectivity index (χ1v) is 6.38. The van der Waals surface area contributed by atoms with Crippen molar-refractivity contribution in [2.45, 2.75) is 13.0 Å². The first kappa shape index (κ1) is 12.1. The third kappa shape index (κ3) is 2.44. The summed E-state index contributed by atoms with van der Waals surface area (Å²) in [6.07, 6.45) is 1.77. The molecule has 0 spiro atoms. The van der Waals surface area contributed by atoms with E-state index in [4.69, 9.17) is 21.1 Å². The number of hydrogen-bond acceptors (Lipinski definition) is 4. The van der Waals surface area contributed by atoms with Crippen molar-refractivity contribution in [3.05, 3.63) is 47.2 Å². The molecule has 1 aromatic heterocycles. The Morgan fingerprint density at radius 2 is 2.05 bits per heavy atom. The zero-order valence-electron chi connectivity index (χ0n) is 10.4. The lowest BCUT2D eigenvalue weighted by atomic mass is 10.2. The maximum atomic E-state index is 6.22. The van der Waals surface area contributed by atoms with Crippen LogP contribution in [0.15, 0.2) is 36.5 Å². The number of anilines is 1. The summed E-state index contributed by atoms with van der Waals surface area (Å²) in [6.45, 7) is 2.27. The van der Waals surface area contributed by atoms with Gasteiger partial charge in [-0.2, -0.15) is 0 Å². The number of benzene rings is 1. The van der Waals surface area contributed by atoms with Crippen molar-refractivity contribution in [3.63, 3.8) is 0 Å². The van der Waals surface area contributed by atoms with E-state index in [1.807, 2.05) is 31.2 Å². The highest BCUT2D eigenvalue weighted by molar-refractivity contribution is 6.33. The number of ether oxygens (including phenoxy) is 2. The molecular formula is C14H13ClN2O2. The van der Waals surface area contributed by atoms with Gasteiger partial charge >= 0.3 is 0 Å². The molecule has 0 saturated carbocycles. The molecule has 3 rings (SSSR count). The van der Waals surface area contributed by atoms with Crippen LogP contribution in [0.3, 0.4) is 0 Å². The Hall–Kier alpha value is -1.94. The smallest absolute Gasteiger partial charge is 0.231 e. The number of nitrogens with zero attached hydrogens (tertiary/aromatic N) is 1. The van der Waals surface area contributed by atoms with Gasteiger partial charge in [-0.25, -0.2) is 0 Å². The van der Waals surface area contributed by atoms with Crippen LogP contribution in [-0.4, -0.2) is 11.8 Å². The van der Waals surface area contributed by atoms with Crippen molar-refractivity contribution >= 4 is 17.3 Å². The van der Waals surface area contributed by atoms with Gasteiger partial charge in [-0.15, -0.1) is 0 Å². The van der Waals surface area contributed by atoms with Gasteiger partial charge in [0, 0.05) is 18.3 Å². The Kier molecular flexibility index (Phi) is 3.17. The molecule has 98 valence electrons. The van der Waals surface area contributed by atoms with Crippen LogP contribution in [-0.2, 0) is 0 Å². The standard InChI is InChI=1S/C14H13ClN2O2/c1-9(11-4-2-3-5-16-11)17-12-7-14-13(6-10(12)15)18-8-19-14/h2-7,9,17H,8H2,1H3. The van der Waals surface area contributed by atoms with Gasteiger partial charge in [-0.3, -0.25) is 4.98 Å². The van der Waals surface area contributed by atoms with E-state index in [0.29, 0.717) is 16.5 Å². The Bertz CT molecular complexity index is 589. The fourth-order valence-corrected chi connectivity index (χ4v) is 2.18. The van der Waals surface area contributed by atoms with Crippen LogP contribution in [0.2, 0.25) is 5.02 Å². The summed E-state index contributed by atoms with van der Waals surface area (Å²) in [7, 11) is 0. The number of fused-ring (bicyclic) bond motifs is 1.